The van der Waals surface area contributed by atoms with Gasteiger partial charge in [-0.15, -0.1) is 0 Å². The van der Waals surface area contributed by atoms with Gasteiger partial charge in [0.25, 0.3) is 0 Å². The van der Waals surface area contributed by atoms with Crippen molar-refractivity contribution >= 4 is 5.69 Å². The van der Waals surface area contributed by atoms with Gasteiger partial charge in [0, 0.05) is 12.6 Å². The topological polar surface area (TPSA) is 42.7 Å². The molecule has 0 unspecified atom stereocenters. The Bertz CT molecular complexity index is 613. The zero-order valence-electron chi connectivity index (χ0n) is 11.5. The van der Waals surface area contributed by atoms with Gasteiger partial charge in [0.15, 0.2) is 23.3 Å². The molecule has 0 aliphatic rings. The number of nitrogens with zero attached hydrogens (tertiary/aromatic N) is 3. The van der Waals surface area contributed by atoms with Gasteiger partial charge in [-0.25, -0.2) is 27.2 Å². The molecule has 0 amide bonds. The van der Waals surface area contributed by atoms with Gasteiger partial charge in [-0.1, -0.05) is 13.8 Å². The highest BCUT2D eigenvalue weighted by Crippen LogP contribution is 2.24. The fraction of sp³-hybridized carbons (Fsp3) is 0.385. The van der Waals surface area contributed by atoms with Crippen LogP contribution in [0.3, 0.4) is 0 Å². The standard InChI is InChI=1S/C13H14F4N4/c1-7(2)5-21-10(19-6-20-21)4-18-13-11(16)8(14)3-9(15)12(13)17/h3,6-7,18H,4-5H2,1-2H3. The van der Waals surface area contributed by atoms with Crippen molar-refractivity contribution in [3.05, 3.63) is 41.5 Å². The van der Waals surface area contributed by atoms with Crippen molar-refractivity contribution in [3.8, 4) is 0 Å². The van der Waals surface area contributed by atoms with E-state index in [1.165, 1.54) is 6.33 Å². The van der Waals surface area contributed by atoms with E-state index in [0.29, 0.717) is 18.3 Å². The largest absolute Gasteiger partial charge is 0.373 e. The maximum Gasteiger partial charge on any atom is 0.185 e. The number of anilines is 1. The molecule has 8 heteroatoms. The predicted octanol–water partition coefficient (Wildman–Crippen LogP) is 3.10. The van der Waals surface area contributed by atoms with Crippen LogP contribution < -0.4 is 5.32 Å². The molecular formula is C13H14F4N4. The van der Waals surface area contributed by atoms with Gasteiger partial charge < -0.3 is 5.32 Å². The lowest BCUT2D eigenvalue weighted by Crippen LogP contribution is -2.15. The second-order valence-corrected chi connectivity index (χ2v) is 4.95. The summed E-state index contributed by atoms with van der Waals surface area (Å²) < 4.78 is 54.7. The van der Waals surface area contributed by atoms with Crippen molar-refractivity contribution in [2.45, 2.75) is 26.9 Å². The first kappa shape index (κ1) is 15.3. The highest BCUT2D eigenvalue weighted by Gasteiger charge is 2.19. The summed E-state index contributed by atoms with van der Waals surface area (Å²) in [5.74, 6) is -5.15. The molecule has 21 heavy (non-hydrogen) atoms. The predicted molar refractivity (Wildman–Crippen MR) is 68.5 cm³/mol. The van der Waals surface area contributed by atoms with Crippen LogP contribution in [0.15, 0.2) is 12.4 Å². The molecule has 0 aliphatic heterocycles. The molecule has 1 aromatic carbocycles. The molecule has 0 bridgehead atoms. The van der Waals surface area contributed by atoms with E-state index < -0.39 is 29.0 Å². The molecule has 114 valence electrons. The Morgan fingerprint density at radius 3 is 2.33 bits per heavy atom. The van der Waals surface area contributed by atoms with E-state index in [1.54, 1.807) is 4.68 Å². The van der Waals surface area contributed by atoms with Crippen molar-refractivity contribution in [3.63, 3.8) is 0 Å². The molecule has 1 heterocycles. The van der Waals surface area contributed by atoms with E-state index in [9.17, 15) is 17.6 Å². The highest BCUT2D eigenvalue weighted by atomic mass is 19.2. The number of rotatable bonds is 5. The third-order valence-electron chi connectivity index (χ3n) is 2.77. The number of hydrogen-bond donors (Lipinski definition) is 1. The molecule has 2 aromatic rings. The Labute approximate surface area is 118 Å². The molecule has 1 N–H and O–H groups in total. The number of benzene rings is 1. The first-order valence-corrected chi connectivity index (χ1v) is 6.33. The maximum atomic E-state index is 13.5. The lowest BCUT2D eigenvalue weighted by molar-refractivity contribution is 0.455. The van der Waals surface area contributed by atoms with E-state index in [2.05, 4.69) is 15.4 Å². The number of nitrogens with one attached hydrogen (secondary N) is 1. The summed E-state index contributed by atoms with van der Waals surface area (Å²) in [6.45, 7) is 4.41. The van der Waals surface area contributed by atoms with Gasteiger partial charge in [-0.05, 0) is 5.92 Å². The Morgan fingerprint density at radius 2 is 1.76 bits per heavy atom. The van der Waals surface area contributed by atoms with Crippen LogP contribution in [0.5, 0.6) is 0 Å². The van der Waals surface area contributed by atoms with Crippen LogP contribution in [0, 0.1) is 29.2 Å². The third-order valence-corrected chi connectivity index (χ3v) is 2.77. The summed E-state index contributed by atoms with van der Waals surface area (Å²) in [6.07, 6.45) is 1.30. The van der Waals surface area contributed by atoms with E-state index in [4.69, 9.17) is 0 Å². The zero-order chi connectivity index (χ0) is 15.6. The maximum absolute atomic E-state index is 13.5. The van der Waals surface area contributed by atoms with Gasteiger partial charge in [-0.2, -0.15) is 5.10 Å². The number of aromatic nitrogens is 3. The summed E-state index contributed by atoms with van der Waals surface area (Å²) in [6, 6.07) is 0.164. The minimum atomic E-state index is -1.47. The second-order valence-electron chi connectivity index (χ2n) is 4.95. The summed E-state index contributed by atoms with van der Waals surface area (Å²) in [5, 5.41) is 6.30. The van der Waals surface area contributed by atoms with E-state index >= 15 is 0 Å². The Kier molecular flexibility index (Phi) is 4.44. The Morgan fingerprint density at radius 1 is 1.14 bits per heavy atom. The van der Waals surface area contributed by atoms with Crippen molar-refractivity contribution in [1.82, 2.24) is 14.8 Å². The fourth-order valence-electron chi connectivity index (χ4n) is 1.82. The summed E-state index contributed by atoms with van der Waals surface area (Å²) in [4.78, 5) is 3.95. The van der Waals surface area contributed by atoms with Crippen molar-refractivity contribution in [2.24, 2.45) is 5.92 Å². The lowest BCUT2D eigenvalue weighted by Gasteiger charge is -2.11. The quantitative estimate of drug-likeness (QED) is 0.682. The Balaban J connectivity index is 2.19. The summed E-state index contributed by atoms with van der Waals surface area (Å²) in [5.41, 5.74) is -0.855. The molecule has 0 atom stereocenters. The Hall–Kier alpha value is -2.12. The van der Waals surface area contributed by atoms with Crippen molar-refractivity contribution < 1.29 is 17.6 Å². The van der Waals surface area contributed by atoms with Crippen LogP contribution in [0.2, 0.25) is 0 Å². The van der Waals surface area contributed by atoms with Crippen LogP contribution in [-0.2, 0) is 13.1 Å². The van der Waals surface area contributed by atoms with Gasteiger partial charge >= 0.3 is 0 Å². The second kappa shape index (κ2) is 6.11. The average Bonchev–Trinajstić information content (AvgIpc) is 2.83. The smallest absolute Gasteiger partial charge is 0.185 e. The molecule has 1 aromatic heterocycles. The first-order chi connectivity index (χ1) is 9.90. The van der Waals surface area contributed by atoms with Crippen LogP contribution in [0.4, 0.5) is 23.2 Å². The van der Waals surface area contributed by atoms with Crippen LogP contribution >= 0.6 is 0 Å². The SMILES string of the molecule is CC(C)Cn1ncnc1CNc1c(F)c(F)cc(F)c1F. The van der Waals surface area contributed by atoms with Gasteiger partial charge in [-0.3, -0.25) is 0 Å². The van der Waals surface area contributed by atoms with Crippen molar-refractivity contribution in [1.29, 1.82) is 0 Å². The molecule has 0 saturated carbocycles. The molecule has 2 rings (SSSR count). The zero-order valence-corrected chi connectivity index (χ0v) is 11.5. The number of hydrogen-bond acceptors (Lipinski definition) is 3. The van der Waals surface area contributed by atoms with Crippen LogP contribution in [0.25, 0.3) is 0 Å². The minimum Gasteiger partial charge on any atom is -0.373 e. The summed E-state index contributed by atoms with van der Waals surface area (Å²) in [7, 11) is 0. The van der Waals surface area contributed by atoms with E-state index in [0.717, 1.165) is 0 Å². The minimum absolute atomic E-state index is 0.108. The highest BCUT2D eigenvalue weighted by molar-refractivity contribution is 5.47. The van der Waals surface area contributed by atoms with E-state index in [1.807, 2.05) is 13.8 Å². The van der Waals surface area contributed by atoms with Crippen molar-refractivity contribution in [2.75, 3.05) is 5.32 Å². The molecular weight excluding hydrogens is 288 g/mol. The fourth-order valence-corrected chi connectivity index (χ4v) is 1.82. The van der Waals surface area contributed by atoms with Gasteiger partial charge in [0.1, 0.15) is 17.8 Å². The first-order valence-electron chi connectivity index (χ1n) is 6.33. The van der Waals surface area contributed by atoms with Crippen LogP contribution in [-0.4, -0.2) is 14.8 Å². The molecule has 0 fully saturated rings. The molecule has 0 aliphatic carbocycles. The third kappa shape index (κ3) is 3.32. The van der Waals surface area contributed by atoms with Gasteiger partial charge in [0.05, 0.1) is 6.54 Å². The monoisotopic (exact) mass is 302 g/mol. The summed E-state index contributed by atoms with van der Waals surface area (Å²) >= 11 is 0. The normalized spacial score (nSPS) is 11.2. The van der Waals surface area contributed by atoms with Crippen LogP contribution in [0.1, 0.15) is 19.7 Å². The molecule has 0 saturated heterocycles. The molecule has 0 radical (unpaired) electrons. The molecule has 4 nitrogen and oxygen atoms in total. The number of halogens is 4. The average molecular weight is 302 g/mol. The van der Waals surface area contributed by atoms with E-state index in [-0.39, 0.29) is 12.6 Å². The lowest BCUT2D eigenvalue weighted by atomic mass is 10.2. The molecule has 0 spiro atoms. The van der Waals surface area contributed by atoms with Gasteiger partial charge in [0.2, 0.25) is 0 Å².